The van der Waals surface area contributed by atoms with Gasteiger partial charge in [0.1, 0.15) is 22.2 Å². The zero-order valence-corrected chi connectivity index (χ0v) is 20.1. The van der Waals surface area contributed by atoms with E-state index in [9.17, 15) is 4.79 Å². The molecule has 1 aliphatic carbocycles. The van der Waals surface area contributed by atoms with Crippen LogP contribution < -0.4 is 4.90 Å². The van der Waals surface area contributed by atoms with Crippen molar-refractivity contribution in [1.82, 2.24) is 15.2 Å². The van der Waals surface area contributed by atoms with Gasteiger partial charge in [0.2, 0.25) is 0 Å². The molecule has 0 unspecified atom stereocenters. The maximum absolute atomic E-state index is 13.3. The molecule has 0 aliphatic heterocycles. The first-order valence-electron chi connectivity index (χ1n) is 11.0. The first kappa shape index (κ1) is 22.9. The second-order valence-corrected chi connectivity index (χ2v) is 10.5. The summed E-state index contributed by atoms with van der Waals surface area (Å²) in [5.74, 6) is 0.435. The first-order valence-corrected chi connectivity index (χ1v) is 11.8. The van der Waals surface area contributed by atoms with Gasteiger partial charge in [-0.25, -0.2) is 4.79 Å². The van der Waals surface area contributed by atoms with Gasteiger partial charge in [0.25, 0.3) is 0 Å². The molecule has 0 aromatic carbocycles. The fourth-order valence-corrected chi connectivity index (χ4v) is 4.88. The molecule has 0 radical (unpaired) electrons. The molecule has 4 rings (SSSR count). The molecule has 1 amide bonds. The summed E-state index contributed by atoms with van der Waals surface area (Å²) >= 11 is 1.36. The van der Waals surface area contributed by atoms with Crippen molar-refractivity contribution in [2.24, 2.45) is 0 Å². The smallest absolute Gasteiger partial charge is 0.416 e. The third-order valence-electron chi connectivity index (χ3n) is 5.79. The number of amides is 1. The van der Waals surface area contributed by atoms with Crippen LogP contribution in [0.5, 0.6) is 0 Å². The number of nitrogens with zero attached hydrogens (tertiary/aromatic N) is 5. The van der Waals surface area contributed by atoms with Gasteiger partial charge < -0.3 is 4.74 Å². The second-order valence-electron chi connectivity index (χ2n) is 9.42. The number of thiophene rings is 1. The molecule has 3 heterocycles. The van der Waals surface area contributed by atoms with Crippen LogP contribution in [0.25, 0.3) is 10.6 Å². The lowest BCUT2D eigenvalue weighted by atomic mass is 9.65. The molecule has 170 valence electrons. The molecular formula is C25H27N5O2S. The Hall–Kier alpha value is -3.31. The van der Waals surface area contributed by atoms with Crippen LogP contribution in [0, 0.1) is 18.3 Å². The SMILES string of the molecule is Cc1cccnc1C1(CN(C(=O)OC(C)(C)C)c2ccc(-c3ccc(C#N)s3)nn2)CCC1. The summed E-state index contributed by atoms with van der Waals surface area (Å²) < 4.78 is 5.73. The van der Waals surface area contributed by atoms with Crippen molar-refractivity contribution in [3.05, 3.63) is 58.7 Å². The van der Waals surface area contributed by atoms with Gasteiger partial charge in [-0.1, -0.05) is 12.5 Å². The molecule has 0 spiro atoms. The fourth-order valence-electron chi connectivity index (χ4n) is 4.11. The Balaban J connectivity index is 1.67. The monoisotopic (exact) mass is 461 g/mol. The van der Waals surface area contributed by atoms with Crippen LogP contribution in [-0.2, 0) is 10.2 Å². The largest absolute Gasteiger partial charge is 0.443 e. The summed E-state index contributed by atoms with van der Waals surface area (Å²) in [7, 11) is 0. The number of aryl methyl sites for hydroxylation is 1. The topological polar surface area (TPSA) is 92.0 Å². The van der Waals surface area contributed by atoms with E-state index < -0.39 is 11.7 Å². The zero-order valence-electron chi connectivity index (χ0n) is 19.3. The molecule has 1 fully saturated rings. The van der Waals surface area contributed by atoms with Crippen molar-refractivity contribution in [2.75, 3.05) is 11.4 Å². The maximum Gasteiger partial charge on any atom is 0.416 e. The number of ether oxygens (including phenoxy) is 1. The van der Waals surface area contributed by atoms with Crippen LogP contribution >= 0.6 is 11.3 Å². The summed E-state index contributed by atoms with van der Waals surface area (Å²) in [6, 6.07) is 13.4. The standard InChI is InChI=1S/C25H27N5O2S/c1-17-7-5-14-27-22(17)25(12-6-13-25)16-30(23(31)32-24(2,3)4)21-11-9-19(28-29-21)20-10-8-18(15-26)33-20/h5,7-11,14H,6,12-13,16H2,1-4H3. The lowest BCUT2D eigenvalue weighted by molar-refractivity contribution is 0.0558. The molecule has 0 saturated heterocycles. The van der Waals surface area contributed by atoms with Gasteiger partial charge >= 0.3 is 6.09 Å². The molecule has 7 nitrogen and oxygen atoms in total. The lowest BCUT2D eigenvalue weighted by Crippen LogP contribution is -2.50. The Kier molecular flexibility index (Phi) is 6.17. The normalized spacial score (nSPS) is 14.8. The molecule has 3 aromatic rings. The minimum Gasteiger partial charge on any atom is -0.443 e. The van der Waals surface area contributed by atoms with E-state index in [0.717, 1.165) is 35.4 Å². The Morgan fingerprint density at radius 3 is 2.55 bits per heavy atom. The Bertz CT molecular complexity index is 1190. The Morgan fingerprint density at radius 2 is 2.00 bits per heavy atom. The molecule has 0 bridgehead atoms. The van der Waals surface area contributed by atoms with E-state index in [-0.39, 0.29) is 5.41 Å². The quantitative estimate of drug-likeness (QED) is 0.488. The number of anilines is 1. The van der Waals surface area contributed by atoms with Crippen molar-refractivity contribution in [3.8, 4) is 16.6 Å². The molecule has 0 N–H and O–H groups in total. The molecule has 8 heteroatoms. The van der Waals surface area contributed by atoms with E-state index in [1.165, 1.54) is 11.3 Å². The van der Waals surface area contributed by atoms with Crippen molar-refractivity contribution in [3.63, 3.8) is 0 Å². The summed E-state index contributed by atoms with van der Waals surface area (Å²) in [5.41, 5.74) is 1.93. The average Bonchev–Trinajstić information content (AvgIpc) is 3.22. The Labute approximate surface area is 198 Å². The number of hydrogen-bond acceptors (Lipinski definition) is 7. The number of carbonyl (C=O) groups is 1. The van der Waals surface area contributed by atoms with E-state index in [2.05, 4.69) is 34.2 Å². The summed E-state index contributed by atoms with van der Waals surface area (Å²) in [4.78, 5) is 21.0. The van der Waals surface area contributed by atoms with Crippen molar-refractivity contribution in [1.29, 1.82) is 5.26 Å². The van der Waals surface area contributed by atoms with E-state index in [0.29, 0.717) is 22.9 Å². The average molecular weight is 462 g/mol. The summed E-state index contributed by atoms with van der Waals surface area (Å²) in [5, 5.41) is 17.8. The van der Waals surface area contributed by atoms with Crippen molar-refractivity contribution in [2.45, 2.75) is 58.0 Å². The van der Waals surface area contributed by atoms with Crippen molar-refractivity contribution < 1.29 is 9.53 Å². The zero-order chi connectivity index (χ0) is 23.6. The van der Waals surface area contributed by atoms with E-state index >= 15 is 0 Å². The highest BCUT2D eigenvalue weighted by Crippen LogP contribution is 2.45. The molecular weight excluding hydrogens is 434 g/mol. The van der Waals surface area contributed by atoms with Crippen LogP contribution in [0.2, 0.25) is 0 Å². The van der Waals surface area contributed by atoms with Crippen molar-refractivity contribution >= 4 is 23.2 Å². The van der Waals surface area contributed by atoms with Gasteiger partial charge in [-0.15, -0.1) is 21.5 Å². The molecule has 1 aliphatic rings. The third kappa shape index (κ3) is 4.88. The van der Waals surface area contributed by atoms with E-state index in [1.807, 2.05) is 45.2 Å². The minimum absolute atomic E-state index is 0.238. The maximum atomic E-state index is 13.3. The predicted molar refractivity (Wildman–Crippen MR) is 128 cm³/mol. The minimum atomic E-state index is -0.638. The fraction of sp³-hybridized carbons (Fsp3) is 0.400. The van der Waals surface area contributed by atoms with Crippen LogP contribution in [0.4, 0.5) is 10.6 Å². The summed E-state index contributed by atoms with van der Waals surface area (Å²) in [6.07, 6.45) is 4.34. The molecule has 33 heavy (non-hydrogen) atoms. The lowest BCUT2D eigenvalue weighted by Gasteiger charge is -2.44. The number of pyridine rings is 1. The van der Waals surface area contributed by atoms with E-state index in [1.54, 1.807) is 17.0 Å². The van der Waals surface area contributed by atoms with Crippen LogP contribution in [0.1, 0.15) is 56.2 Å². The van der Waals surface area contributed by atoms with Gasteiger partial charge in [0, 0.05) is 18.2 Å². The predicted octanol–water partition coefficient (Wildman–Crippen LogP) is 5.64. The van der Waals surface area contributed by atoms with Gasteiger partial charge in [-0.2, -0.15) is 5.26 Å². The number of aromatic nitrogens is 3. The third-order valence-corrected chi connectivity index (χ3v) is 6.81. The van der Waals surface area contributed by atoms with Gasteiger partial charge in [0.05, 0.1) is 10.6 Å². The number of nitriles is 1. The van der Waals surface area contributed by atoms with Crippen LogP contribution in [0.15, 0.2) is 42.6 Å². The molecule has 0 atom stereocenters. The first-order chi connectivity index (χ1) is 15.7. The van der Waals surface area contributed by atoms with E-state index in [4.69, 9.17) is 10.00 Å². The van der Waals surface area contributed by atoms with Gasteiger partial charge in [-0.05, 0) is 76.4 Å². The van der Waals surface area contributed by atoms with Crippen LogP contribution in [0.3, 0.4) is 0 Å². The second kappa shape index (κ2) is 8.91. The highest BCUT2D eigenvalue weighted by molar-refractivity contribution is 7.15. The molecule has 3 aromatic heterocycles. The number of carbonyl (C=O) groups excluding carboxylic acids is 1. The molecule has 1 saturated carbocycles. The highest BCUT2D eigenvalue weighted by atomic mass is 32.1. The Morgan fingerprint density at radius 1 is 1.21 bits per heavy atom. The van der Waals surface area contributed by atoms with Gasteiger partial charge in [-0.3, -0.25) is 9.88 Å². The van der Waals surface area contributed by atoms with Gasteiger partial charge in [0.15, 0.2) is 5.82 Å². The summed E-state index contributed by atoms with van der Waals surface area (Å²) in [6.45, 7) is 8.03. The number of rotatable bonds is 5. The number of hydrogen-bond donors (Lipinski definition) is 0. The van der Waals surface area contributed by atoms with Crippen LogP contribution in [-0.4, -0.2) is 33.4 Å². The highest BCUT2D eigenvalue weighted by Gasteiger charge is 2.44.